The Morgan fingerprint density at radius 3 is 2.53 bits per heavy atom. The predicted octanol–water partition coefficient (Wildman–Crippen LogP) is 0.993. The number of hydrogen-bond donors (Lipinski definition) is 3. The third kappa shape index (κ3) is 7.63. The van der Waals surface area contributed by atoms with Crippen molar-refractivity contribution in [3.8, 4) is 0 Å². The maximum atomic E-state index is 11.7. The number of rotatable bonds is 8. The zero-order chi connectivity index (χ0) is 13.5. The maximum Gasteiger partial charge on any atom is 0.237 e. The molecule has 0 aromatic rings. The number of hydrogen-bond acceptors (Lipinski definition) is 4. The lowest BCUT2D eigenvalue weighted by Gasteiger charge is -2.25. The molecule has 0 rings (SSSR count). The Hall–Kier alpha value is -0.260. The molecule has 4 nitrogen and oxygen atoms in total. The van der Waals surface area contributed by atoms with Crippen LogP contribution in [0.4, 0.5) is 0 Å². The monoisotopic (exact) mass is 262 g/mol. The van der Waals surface area contributed by atoms with Crippen LogP contribution in [0.3, 0.4) is 0 Å². The van der Waals surface area contributed by atoms with E-state index in [2.05, 4.69) is 10.6 Å². The van der Waals surface area contributed by atoms with Crippen molar-refractivity contribution in [2.24, 2.45) is 0 Å². The number of carbonyl (C=O) groups excluding carboxylic acids is 1. The van der Waals surface area contributed by atoms with E-state index in [-0.39, 0.29) is 18.0 Å². The van der Waals surface area contributed by atoms with Crippen molar-refractivity contribution in [3.05, 3.63) is 0 Å². The highest BCUT2D eigenvalue weighted by molar-refractivity contribution is 7.98. The fourth-order valence-electron chi connectivity index (χ4n) is 1.30. The highest BCUT2D eigenvalue weighted by Crippen LogP contribution is 2.09. The summed E-state index contributed by atoms with van der Waals surface area (Å²) < 4.78 is 0. The van der Waals surface area contributed by atoms with Crippen LogP contribution in [0.5, 0.6) is 0 Å². The zero-order valence-corrected chi connectivity index (χ0v) is 12.4. The summed E-state index contributed by atoms with van der Waals surface area (Å²) in [6.07, 6.45) is 2.87. The van der Waals surface area contributed by atoms with Crippen LogP contribution in [0.1, 0.15) is 34.1 Å². The zero-order valence-electron chi connectivity index (χ0n) is 11.5. The molecule has 0 saturated heterocycles. The molecule has 0 fully saturated rings. The Morgan fingerprint density at radius 1 is 1.47 bits per heavy atom. The fourth-order valence-corrected chi connectivity index (χ4v) is 2.02. The molecule has 17 heavy (non-hydrogen) atoms. The summed E-state index contributed by atoms with van der Waals surface area (Å²) in [6, 6.07) is -0.0872. The normalized spacial score (nSPS) is 18.2. The van der Waals surface area contributed by atoms with E-state index in [4.69, 9.17) is 0 Å². The average Bonchev–Trinajstić information content (AvgIpc) is 2.25. The predicted molar refractivity (Wildman–Crippen MR) is 74.4 cm³/mol. The summed E-state index contributed by atoms with van der Waals surface area (Å²) in [5, 5.41) is 15.9. The van der Waals surface area contributed by atoms with Crippen LogP contribution in [0.25, 0.3) is 0 Å². The van der Waals surface area contributed by atoms with E-state index in [0.717, 1.165) is 6.42 Å². The average molecular weight is 262 g/mol. The van der Waals surface area contributed by atoms with E-state index in [1.165, 1.54) is 0 Å². The van der Waals surface area contributed by atoms with Crippen LogP contribution in [0, 0.1) is 0 Å². The van der Waals surface area contributed by atoms with Crippen LogP contribution >= 0.6 is 11.8 Å². The summed E-state index contributed by atoms with van der Waals surface area (Å²) >= 11 is 1.59. The Bertz CT molecular complexity index is 235. The minimum atomic E-state index is -0.773. The van der Waals surface area contributed by atoms with Gasteiger partial charge in [-0.1, -0.05) is 6.92 Å². The van der Waals surface area contributed by atoms with Crippen molar-refractivity contribution in [1.82, 2.24) is 10.6 Å². The van der Waals surface area contributed by atoms with Crippen LogP contribution in [-0.4, -0.2) is 47.3 Å². The van der Waals surface area contributed by atoms with Crippen molar-refractivity contribution >= 4 is 17.7 Å². The number of amides is 1. The van der Waals surface area contributed by atoms with E-state index in [9.17, 15) is 9.90 Å². The Labute approximate surface area is 109 Å². The minimum absolute atomic E-state index is 0.0145. The molecule has 3 unspecified atom stereocenters. The van der Waals surface area contributed by atoms with E-state index in [0.29, 0.717) is 12.3 Å². The molecule has 3 N–H and O–H groups in total. The number of thioether (sulfide) groups is 1. The van der Waals surface area contributed by atoms with E-state index >= 15 is 0 Å². The van der Waals surface area contributed by atoms with Gasteiger partial charge in [0.2, 0.25) is 5.91 Å². The second kappa shape index (κ2) is 7.95. The van der Waals surface area contributed by atoms with Gasteiger partial charge in [-0.25, -0.2) is 0 Å². The third-order valence-corrected chi connectivity index (χ3v) is 3.55. The van der Waals surface area contributed by atoms with Crippen LogP contribution < -0.4 is 10.6 Å². The molecule has 0 aromatic carbocycles. The molecule has 0 heterocycles. The molecule has 1 amide bonds. The highest BCUT2D eigenvalue weighted by Gasteiger charge is 2.22. The molecule has 0 aliphatic carbocycles. The topological polar surface area (TPSA) is 61.4 Å². The van der Waals surface area contributed by atoms with Gasteiger partial charge in [-0.05, 0) is 33.4 Å². The second-order valence-electron chi connectivity index (χ2n) is 4.85. The van der Waals surface area contributed by atoms with Gasteiger partial charge in [0.15, 0.2) is 0 Å². The summed E-state index contributed by atoms with van der Waals surface area (Å²) in [5.74, 6) is 0.638. The fraction of sp³-hybridized carbons (Fsp3) is 0.917. The lowest BCUT2D eigenvalue weighted by molar-refractivity contribution is -0.123. The van der Waals surface area contributed by atoms with Gasteiger partial charge in [-0.2, -0.15) is 11.8 Å². The quantitative estimate of drug-likeness (QED) is 0.610. The molecule has 0 aliphatic heterocycles. The van der Waals surface area contributed by atoms with Gasteiger partial charge in [0, 0.05) is 18.3 Å². The van der Waals surface area contributed by atoms with E-state index in [1.807, 2.05) is 27.0 Å². The first-order valence-corrected chi connectivity index (χ1v) is 7.47. The van der Waals surface area contributed by atoms with Gasteiger partial charge >= 0.3 is 0 Å². The van der Waals surface area contributed by atoms with Crippen LogP contribution in [-0.2, 0) is 4.79 Å². The molecular formula is C12H26N2O2S. The van der Waals surface area contributed by atoms with Gasteiger partial charge in [0.25, 0.3) is 0 Å². The molecule has 0 radical (unpaired) electrons. The molecule has 3 atom stereocenters. The molecule has 0 aromatic heterocycles. The molecule has 0 spiro atoms. The Morgan fingerprint density at radius 2 is 2.06 bits per heavy atom. The number of aliphatic hydroxyl groups is 1. The Kier molecular flexibility index (Phi) is 7.83. The van der Waals surface area contributed by atoms with Crippen molar-refractivity contribution in [2.75, 3.05) is 18.6 Å². The van der Waals surface area contributed by atoms with Gasteiger partial charge in [-0.3, -0.25) is 4.79 Å². The summed E-state index contributed by atoms with van der Waals surface area (Å²) in [6.45, 7) is 8.02. The van der Waals surface area contributed by atoms with Crippen LogP contribution in [0.15, 0.2) is 0 Å². The largest absolute Gasteiger partial charge is 0.388 e. The Balaban J connectivity index is 4.00. The van der Waals surface area contributed by atoms with Crippen molar-refractivity contribution < 1.29 is 9.90 Å². The molecule has 0 aliphatic rings. The van der Waals surface area contributed by atoms with E-state index < -0.39 is 5.60 Å². The first kappa shape index (κ1) is 16.7. The van der Waals surface area contributed by atoms with Crippen LogP contribution in [0.2, 0.25) is 0 Å². The standard InChI is InChI=1S/C12H26N2O2S/c1-6-9(2)14-11(15)10(3)13-7-12(4,16)8-17-5/h9-10,13,16H,6-8H2,1-5H3,(H,14,15). The van der Waals surface area contributed by atoms with Gasteiger partial charge in [0.1, 0.15) is 0 Å². The maximum absolute atomic E-state index is 11.7. The first-order valence-electron chi connectivity index (χ1n) is 6.07. The SMILES string of the molecule is CCC(C)NC(=O)C(C)NCC(C)(O)CSC. The molecular weight excluding hydrogens is 236 g/mol. The first-order chi connectivity index (χ1) is 7.82. The summed E-state index contributed by atoms with van der Waals surface area (Å²) in [4.78, 5) is 11.7. The second-order valence-corrected chi connectivity index (χ2v) is 5.72. The molecule has 102 valence electrons. The van der Waals surface area contributed by atoms with Crippen molar-refractivity contribution in [1.29, 1.82) is 0 Å². The lowest BCUT2D eigenvalue weighted by atomic mass is 10.1. The molecule has 0 saturated carbocycles. The van der Waals surface area contributed by atoms with Crippen molar-refractivity contribution in [2.45, 2.75) is 51.8 Å². The lowest BCUT2D eigenvalue weighted by Crippen LogP contribution is -2.50. The van der Waals surface area contributed by atoms with Crippen molar-refractivity contribution in [3.63, 3.8) is 0 Å². The number of carbonyl (C=O) groups is 1. The van der Waals surface area contributed by atoms with E-state index in [1.54, 1.807) is 18.7 Å². The third-order valence-electron chi connectivity index (χ3n) is 2.64. The summed E-state index contributed by atoms with van der Waals surface area (Å²) in [7, 11) is 0. The molecule has 0 bridgehead atoms. The van der Waals surface area contributed by atoms with Gasteiger partial charge in [0.05, 0.1) is 11.6 Å². The number of nitrogens with one attached hydrogen (secondary N) is 2. The molecule has 5 heteroatoms. The van der Waals surface area contributed by atoms with Gasteiger partial charge in [-0.15, -0.1) is 0 Å². The van der Waals surface area contributed by atoms with Gasteiger partial charge < -0.3 is 15.7 Å². The smallest absolute Gasteiger partial charge is 0.237 e. The highest BCUT2D eigenvalue weighted by atomic mass is 32.2. The summed E-state index contributed by atoms with van der Waals surface area (Å²) in [5.41, 5.74) is -0.773. The minimum Gasteiger partial charge on any atom is -0.388 e.